The zero-order valence-corrected chi connectivity index (χ0v) is 36.1. The van der Waals surface area contributed by atoms with E-state index >= 15 is 0 Å². The van der Waals surface area contributed by atoms with Crippen LogP contribution in [-0.2, 0) is 28.3 Å². The number of anilines is 2. The lowest BCUT2D eigenvalue weighted by molar-refractivity contribution is -0.140. The van der Waals surface area contributed by atoms with Crippen LogP contribution in [0.2, 0.25) is 5.02 Å². The quantitative estimate of drug-likeness (QED) is 0.108. The van der Waals surface area contributed by atoms with Gasteiger partial charge in [0.1, 0.15) is 12.4 Å². The molecule has 1 N–H and O–H groups in total. The average molecular weight is 901 g/mol. The number of methoxy groups -OCH3 is 1. The first-order chi connectivity index (χ1) is 28.3. The maximum absolute atomic E-state index is 13.1. The molecule has 3 aromatic carbocycles. The number of benzene rings is 3. The topological polar surface area (TPSA) is 94.5 Å². The van der Waals surface area contributed by atoms with E-state index in [0.29, 0.717) is 50.9 Å². The number of carbonyl (C=O) groups is 1. The molecule has 0 aliphatic carbocycles. The maximum atomic E-state index is 13.1. The molecule has 2 saturated heterocycles. The van der Waals surface area contributed by atoms with Crippen molar-refractivity contribution in [2.24, 2.45) is 0 Å². The largest absolute Gasteiger partial charge is 0.491 e. The molecule has 60 heavy (non-hydrogen) atoms. The fourth-order valence-electron chi connectivity index (χ4n) is 7.82. The second-order valence-corrected chi connectivity index (χ2v) is 17.6. The highest BCUT2D eigenvalue weighted by Gasteiger charge is 2.35. The van der Waals surface area contributed by atoms with Crippen LogP contribution in [0, 0.1) is 0 Å². The lowest BCUT2D eigenvalue weighted by Gasteiger charge is -2.44. The number of aromatic nitrogens is 2. The molecule has 2 aliphatic heterocycles. The van der Waals surface area contributed by atoms with E-state index in [-0.39, 0.29) is 43.2 Å². The van der Waals surface area contributed by atoms with Gasteiger partial charge in [0.25, 0.3) is 0 Å². The number of rotatable bonds is 10. The van der Waals surface area contributed by atoms with Crippen molar-refractivity contribution >= 4 is 70.9 Å². The molecule has 19 heteroatoms. The number of alkyl halides is 6. The van der Waals surface area contributed by atoms with Gasteiger partial charge in [-0.2, -0.15) is 26.3 Å². The van der Waals surface area contributed by atoms with E-state index in [1.165, 1.54) is 54.0 Å². The van der Waals surface area contributed by atoms with Gasteiger partial charge >= 0.3 is 18.3 Å². The minimum atomic E-state index is -4.38. The summed E-state index contributed by atoms with van der Waals surface area (Å²) < 4.78 is 89.6. The van der Waals surface area contributed by atoms with Crippen LogP contribution in [0.15, 0.2) is 54.6 Å². The Morgan fingerprint density at radius 2 is 1.22 bits per heavy atom. The summed E-state index contributed by atoms with van der Waals surface area (Å²) in [6.45, 7) is 13.3. The number of thiazole rings is 2. The minimum absolute atomic E-state index is 0.114. The number of β-amino-alcohol motifs (C(OH)–C–C–N with tert-alkyl or cyclic N) is 1. The predicted octanol–water partition coefficient (Wildman–Crippen LogP) is 8.87. The van der Waals surface area contributed by atoms with Crippen molar-refractivity contribution in [2.45, 2.75) is 70.6 Å². The molecule has 0 saturated carbocycles. The number of hydrogen-bond acceptors (Lipinski definition) is 12. The summed E-state index contributed by atoms with van der Waals surface area (Å²) in [6.07, 6.45) is -8.57. The monoisotopic (exact) mass is 900 g/mol. The number of ether oxygens (including phenoxy) is 2. The highest BCUT2D eigenvalue weighted by molar-refractivity contribution is 7.22. The third kappa shape index (κ3) is 10.9. The standard InChI is InChI=1S/C25H27ClF3N3O3S.C16H20F3N3OS/c1-15-13-31(8-9-35-21-10-17(4-6-19(21)26)11-23(33)34-3)14-16(2)32(15)24-30-20-7-5-18(25(27,28)29)12-22(20)36-24;1-10-8-21(5-6-23)9-11(2)22(10)15-20-13-4-3-12(16(17,18)19)7-14(13)24-15/h4-7,10,12,15-16H,8-9,11,13-14H2,1-3H3;3-4,7,10-11,23H,5-6,8-9H2,1-2H3/t15-,16+;10-,11+. The van der Waals surface area contributed by atoms with Crippen molar-refractivity contribution in [3.05, 3.63) is 76.3 Å². The highest BCUT2D eigenvalue weighted by Crippen LogP contribution is 2.39. The van der Waals surface area contributed by atoms with Gasteiger partial charge in [-0.25, -0.2) is 9.97 Å². The van der Waals surface area contributed by atoms with Crippen molar-refractivity contribution in [1.82, 2.24) is 19.8 Å². The lowest BCUT2D eigenvalue weighted by atomic mass is 10.1. The summed E-state index contributed by atoms with van der Waals surface area (Å²) in [4.78, 5) is 29.5. The molecule has 7 rings (SSSR count). The fourth-order valence-corrected chi connectivity index (χ4v) is 10.4. The molecule has 2 aliphatic rings. The Kier molecular flexibility index (Phi) is 14.4. The number of halogens is 7. The summed E-state index contributed by atoms with van der Waals surface area (Å²) in [6, 6.07) is 13.2. The van der Waals surface area contributed by atoms with E-state index in [1.807, 2.05) is 0 Å². The Morgan fingerprint density at radius 3 is 1.65 bits per heavy atom. The van der Waals surface area contributed by atoms with Gasteiger partial charge in [-0.15, -0.1) is 0 Å². The highest BCUT2D eigenvalue weighted by atomic mass is 35.5. The molecule has 2 aromatic heterocycles. The first-order valence-corrected chi connectivity index (χ1v) is 21.4. The normalized spacial score (nSPS) is 20.7. The van der Waals surface area contributed by atoms with E-state index < -0.39 is 23.5 Å². The third-order valence-electron chi connectivity index (χ3n) is 10.5. The van der Waals surface area contributed by atoms with Crippen LogP contribution >= 0.6 is 34.3 Å². The van der Waals surface area contributed by atoms with E-state index in [4.69, 9.17) is 26.2 Å². The molecule has 0 radical (unpaired) electrons. The summed E-state index contributed by atoms with van der Waals surface area (Å²) in [5.74, 6) is 0.184. The van der Waals surface area contributed by atoms with Crippen LogP contribution in [0.1, 0.15) is 44.4 Å². The van der Waals surface area contributed by atoms with Crippen LogP contribution < -0.4 is 14.5 Å². The number of esters is 1. The van der Waals surface area contributed by atoms with Gasteiger partial charge in [0.05, 0.1) is 56.7 Å². The molecular weight excluding hydrogens is 854 g/mol. The lowest BCUT2D eigenvalue weighted by Crippen LogP contribution is -2.57. The van der Waals surface area contributed by atoms with Crippen LogP contribution in [0.4, 0.5) is 36.6 Å². The number of piperazine rings is 2. The molecule has 0 unspecified atom stereocenters. The van der Waals surface area contributed by atoms with E-state index in [9.17, 15) is 31.1 Å². The number of aliphatic hydroxyl groups excluding tert-OH is 1. The molecule has 5 aromatic rings. The van der Waals surface area contributed by atoms with Crippen LogP contribution in [-0.4, -0.2) is 115 Å². The SMILES string of the molecule is COC(=O)Cc1ccc(Cl)c(OCCN2C[C@@H](C)N(c3nc4ccc(C(F)(F)F)cc4s3)[C@@H](C)C2)c1.C[C@@H]1CN(CCO)C[C@H](C)N1c1nc2ccc(C(F)(F)F)cc2s1. The van der Waals surface area contributed by atoms with Gasteiger partial charge < -0.3 is 24.4 Å². The second-order valence-electron chi connectivity index (χ2n) is 15.2. The van der Waals surface area contributed by atoms with Crippen molar-refractivity contribution < 1.29 is 45.7 Å². The number of carbonyl (C=O) groups excluding carboxylic acids is 1. The van der Waals surface area contributed by atoms with Gasteiger partial charge in [-0.05, 0) is 81.8 Å². The number of nitrogens with zero attached hydrogens (tertiary/aromatic N) is 6. The maximum Gasteiger partial charge on any atom is 0.416 e. The molecule has 4 heterocycles. The minimum Gasteiger partial charge on any atom is -0.491 e. The first kappa shape index (κ1) is 45.6. The van der Waals surface area contributed by atoms with Gasteiger partial charge in [0.15, 0.2) is 10.3 Å². The molecule has 4 atom stereocenters. The van der Waals surface area contributed by atoms with Gasteiger partial charge in [-0.3, -0.25) is 14.6 Å². The van der Waals surface area contributed by atoms with Gasteiger partial charge in [0, 0.05) is 63.4 Å². The summed E-state index contributed by atoms with van der Waals surface area (Å²) in [5, 5.41) is 11.1. The van der Waals surface area contributed by atoms with E-state index in [2.05, 4.69) is 57.3 Å². The van der Waals surface area contributed by atoms with Crippen molar-refractivity contribution in [2.75, 3.05) is 69.4 Å². The molecule has 2 fully saturated rings. The first-order valence-electron chi connectivity index (χ1n) is 19.4. The molecule has 0 amide bonds. The number of hydrogen-bond donors (Lipinski definition) is 1. The Hall–Kier alpha value is -3.94. The van der Waals surface area contributed by atoms with Crippen molar-refractivity contribution in [3.63, 3.8) is 0 Å². The van der Waals surface area contributed by atoms with Crippen LogP contribution in [0.25, 0.3) is 20.4 Å². The zero-order chi connectivity index (χ0) is 43.5. The third-order valence-corrected chi connectivity index (χ3v) is 12.9. The molecule has 0 bridgehead atoms. The molecule has 10 nitrogen and oxygen atoms in total. The molecular formula is C41H47ClF6N6O4S2. The Labute approximate surface area is 357 Å². The Bertz CT molecular complexity index is 2230. The second kappa shape index (κ2) is 19.0. The predicted molar refractivity (Wildman–Crippen MR) is 225 cm³/mol. The summed E-state index contributed by atoms with van der Waals surface area (Å²) in [5.41, 5.74) is 0.631. The number of aliphatic hydroxyl groups is 1. The smallest absolute Gasteiger partial charge is 0.416 e. The number of fused-ring (bicyclic) bond motifs is 2. The zero-order valence-electron chi connectivity index (χ0n) is 33.7. The van der Waals surface area contributed by atoms with Crippen LogP contribution in [0.3, 0.4) is 0 Å². The average Bonchev–Trinajstić information content (AvgIpc) is 3.78. The van der Waals surface area contributed by atoms with Gasteiger partial charge in [0.2, 0.25) is 0 Å². The molecule has 326 valence electrons. The van der Waals surface area contributed by atoms with Gasteiger partial charge in [-0.1, -0.05) is 40.3 Å². The molecule has 0 spiro atoms. The van der Waals surface area contributed by atoms with E-state index in [1.54, 1.807) is 18.2 Å². The fraction of sp³-hybridized carbons (Fsp3) is 0.488. The van der Waals surface area contributed by atoms with Crippen molar-refractivity contribution in [1.29, 1.82) is 0 Å². The van der Waals surface area contributed by atoms with Crippen molar-refractivity contribution in [3.8, 4) is 5.75 Å². The summed E-state index contributed by atoms with van der Waals surface area (Å²) in [7, 11) is 1.35. The summed E-state index contributed by atoms with van der Waals surface area (Å²) >= 11 is 8.85. The van der Waals surface area contributed by atoms with E-state index in [0.717, 1.165) is 54.1 Å². The van der Waals surface area contributed by atoms with Crippen LogP contribution in [0.5, 0.6) is 5.75 Å². The Balaban J connectivity index is 0.000000218. The Morgan fingerprint density at radius 1 is 0.750 bits per heavy atom.